The second-order valence-electron chi connectivity index (χ2n) is 5.31. The van der Waals surface area contributed by atoms with E-state index >= 15 is 0 Å². The standard InChI is InChI=1S/C15H21NS/c16-15(11-6-4-5-7-11)14-10-12-8-2-1-3-9-13(12)17-14/h6,10,15H,1-5,7-9,16H2. The van der Waals surface area contributed by atoms with E-state index in [-0.39, 0.29) is 6.04 Å². The zero-order valence-electron chi connectivity index (χ0n) is 10.4. The van der Waals surface area contributed by atoms with E-state index in [0.717, 1.165) is 0 Å². The maximum absolute atomic E-state index is 6.39. The molecule has 1 heterocycles. The van der Waals surface area contributed by atoms with Gasteiger partial charge in [0, 0.05) is 9.75 Å². The Morgan fingerprint density at radius 1 is 1.06 bits per heavy atom. The predicted octanol–water partition coefficient (Wildman–Crippen LogP) is 4.13. The van der Waals surface area contributed by atoms with Crippen LogP contribution in [0.25, 0.3) is 0 Å². The molecule has 1 atom stereocenters. The van der Waals surface area contributed by atoms with Crippen LogP contribution in [0.1, 0.15) is 59.9 Å². The van der Waals surface area contributed by atoms with Crippen molar-refractivity contribution in [1.29, 1.82) is 0 Å². The van der Waals surface area contributed by atoms with E-state index in [2.05, 4.69) is 12.1 Å². The van der Waals surface area contributed by atoms with Gasteiger partial charge in [-0.1, -0.05) is 18.1 Å². The Bertz CT molecular complexity index is 407. The van der Waals surface area contributed by atoms with Crippen LogP contribution in [0, 0.1) is 0 Å². The largest absolute Gasteiger partial charge is 0.320 e. The number of hydrogen-bond donors (Lipinski definition) is 1. The van der Waals surface area contributed by atoms with Gasteiger partial charge < -0.3 is 5.73 Å². The molecule has 0 fully saturated rings. The van der Waals surface area contributed by atoms with Crippen LogP contribution in [-0.4, -0.2) is 0 Å². The van der Waals surface area contributed by atoms with Crippen molar-refractivity contribution in [2.45, 2.75) is 57.4 Å². The average molecular weight is 247 g/mol. The first kappa shape index (κ1) is 11.5. The third-order valence-electron chi connectivity index (χ3n) is 4.05. The van der Waals surface area contributed by atoms with E-state index < -0.39 is 0 Å². The highest BCUT2D eigenvalue weighted by Gasteiger charge is 2.19. The minimum absolute atomic E-state index is 0.189. The van der Waals surface area contributed by atoms with Gasteiger partial charge in [-0.05, 0) is 56.6 Å². The van der Waals surface area contributed by atoms with Crippen LogP contribution in [0.3, 0.4) is 0 Å². The minimum Gasteiger partial charge on any atom is -0.320 e. The smallest absolute Gasteiger partial charge is 0.0605 e. The number of fused-ring (bicyclic) bond motifs is 1. The summed E-state index contributed by atoms with van der Waals surface area (Å²) in [6.07, 6.45) is 12.8. The normalized spacial score (nSPS) is 21.8. The quantitative estimate of drug-likeness (QED) is 0.617. The summed E-state index contributed by atoms with van der Waals surface area (Å²) >= 11 is 1.98. The zero-order valence-corrected chi connectivity index (χ0v) is 11.2. The van der Waals surface area contributed by atoms with E-state index in [0.29, 0.717) is 0 Å². The first-order valence-corrected chi connectivity index (χ1v) is 7.72. The monoisotopic (exact) mass is 247 g/mol. The minimum atomic E-state index is 0.189. The predicted molar refractivity (Wildman–Crippen MR) is 74.4 cm³/mol. The Balaban J connectivity index is 1.83. The van der Waals surface area contributed by atoms with Gasteiger partial charge in [-0.3, -0.25) is 0 Å². The van der Waals surface area contributed by atoms with E-state index in [4.69, 9.17) is 5.73 Å². The van der Waals surface area contributed by atoms with Gasteiger partial charge in [-0.25, -0.2) is 0 Å². The van der Waals surface area contributed by atoms with Crippen LogP contribution in [0.4, 0.5) is 0 Å². The molecule has 0 saturated heterocycles. The highest BCUT2D eigenvalue weighted by molar-refractivity contribution is 7.12. The molecule has 0 saturated carbocycles. The second-order valence-corrected chi connectivity index (χ2v) is 6.48. The summed E-state index contributed by atoms with van der Waals surface area (Å²) in [6, 6.07) is 2.59. The molecule has 1 nitrogen and oxygen atoms in total. The van der Waals surface area contributed by atoms with Crippen molar-refractivity contribution in [1.82, 2.24) is 0 Å². The molecule has 17 heavy (non-hydrogen) atoms. The van der Waals surface area contributed by atoms with E-state index in [1.54, 1.807) is 10.4 Å². The molecule has 2 heteroatoms. The number of allylic oxidation sites excluding steroid dienone is 1. The molecule has 0 radical (unpaired) electrons. The number of aryl methyl sites for hydroxylation is 2. The van der Waals surface area contributed by atoms with Crippen LogP contribution in [0.15, 0.2) is 17.7 Å². The molecule has 2 aliphatic rings. The molecule has 0 spiro atoms. The maximum atomic E-state index is 6.39. The van der Waals surface area contributed by atoms with Gasteiger partial charge in [-0.2, -0.15) is 0 Å². The third-order valence-corrected chi connectivity index (χ3v) is 5.37. The number of rotatable bonds is 2. The zero-order chi connectivity index (χ0) is 11.7. The van der Waals surface area contributed by atoms with Crippen LogP contribution in [0.5, 0.6) is 0 Å². The van der Waals surface area contributed by atoms with Crippen molar-refractivity contribution in [2.24, 2.45) is 5.73 Å². The molecular weight excluding hydrogens is 226 g/mol. The van der Waals surface area contributed by atoms with Crippen molar-refractivity contribution in [3.63, 3.8) is 0 Å². The van der Waals surface area contributed by atoms with Crippen LogP contribution in [0.2, 0.25) is 0 Å². The summed E-state index contributed by atoms with van der Waals surface area (Å²) in [7, 11) is 0. The summed E-state index contributed by atoms with van der Waals surface area (Å²) in [5.41, 5.74) is 9.46. The number of nitrogens with two attached hydrogens (primary N) is 1. The van der Waals surface area contributed by atoms with Crippen molar-refractivity contribution in [3.05, 3.63) is 33.0 Å². The fourth-order valence-electron chi connectivity index (χ4n) is 3.00. The average Bonchev–Trinajstić information content (AvgIpc) is 2.95. The SMILES string of the molecule is NC(C1=CCCC1)c1cc2c(s1)CCCCC2. The number of thiophene rings is 1. The van der Waals surface area contributed by atoms with Crippen LogP contribution < -0.4 is 5.73 Å². The Morgan fingerprint density at radius 3 is 2.76 bits per heavy atom. The van der Waals surface area contributed by atoms with Gasteiger partial charge in [0.25, 0.3) is 0 Å². The van der Waals surface area contributed by atoms with E-state index in [1.807, 2.05) is 11.3 Å². The lowest BCUT2D eigenvalue weighted by Gasteiger charge is -2.10. The molecule has 1 aromatic heterocycles. The fourth-order valence-corrected chi connectivity index (χ4v) is 4.31. The first-order valence-electron chi connectivity index (χ1n) is 6.90. The Morgan fingerprint density at radius 2 is 1.94 bits per heavy atom. The molecule has 1 aromatic rings. The fraction of sp³-hybridized carbons (Fsp3) is 0.600. The molecular formula is C15H21NS. The second kappa shape index (κ2) is 4.95. The lowest BCUT2D eigenvalue weighted by atomic mass is 10.0. The van der Waals surface area contributed by atoms with Gasteiger partial charge in [0.1, 0.15) is 0 Å². The molecule has 3 rings (SSSR count). The Kier molecular flexibility index (Phi) is 3.34. The lowest BCUT2D eigenvalue weighted by molar-refractivity contribution is 0.712. The molecule has 0 bridgehead atoms. The molecule has 92 valence electrons. The van der Waals surface area contributed by atoms with Gasteiger partial charge in [0.05, 0.1) is 6.04 Å². The molecule has 0 amide bonds. The molecule has 0 aromatic carbocycles. The summed E-state index contributed by atoms with van der Waals surface area (Å²) < 4.78 is 0. The highest BCUT2D eigenvalue weighted by Crippen LogP contribution is 2.36. The molecule has 2 aliphatic carbocycles. The third kappa shape index (κ3) is 2.34. The molecule has 2 N–H and O–H groups in total. The number of hydrogen-bond acceptors (Lipinski definition) is 2. The van der Waals surface area contributed by atoms with Crippen LogP contribution in [-0.2, 0) is 12.8 Å². The van der Waals surface area contributed by atoms with Gasteiger partial charge in [0.15, 0.2) is 0 Å². The van der Waals surface area contributed by atoms with Gasteiger partial charge in [-0.15, -0.1) is 11.3 Å². The molecule has 0 aliphatic heterocycles. The molecule has 1 unspecified atom stereocenters. The Hall–Kier alpha value is -0.600. The van der Waals surface area contributed by atoms with Gasteiger partial charge in [0.2, 0.25) is 0 Å². The summed E-state index contributed by atoms with van der Waals surface area (Å²) in [5.74, 6) is 0. The first-order chi connectivity index (χ1) is 8.34. The maximum Gasteiger partial charge on any atom is 0.0605 e. The van der Waals surface area contributed by atoms with Gasteiger partial charge >= 0.3 is 0 Å². The topological polar surface area (TPSA) is 26.0 Å². The van der Waals surface area contributed by atoms with Crippen molar-refractivity contribution in [3.8, 4) is 0 Å². The Labute approximate surface area is 108 Å². The van der Waals surface area contributed by atoms with Crippen LogP contribution >= 0.6 is 11.3 Å². The van der Waals surface area contributed by atoms with Crippen molar-refractivity contribution >= 4 is 11.3 Å². The van der Waals surface area contributed by atoms with E-state index in [1.165, 1.54) is 61.8 Å². The van der Waals surface area contributed by atoms with Crippen molar-refractivity contribution < 1.29 is 0 Å². The highest BCUT2D eigenvalue weighted by atomic mass is 32.1. The summed E-state index contributed by atoms with van der Waals surface area (Å²) in [6.45, 7) is 0. The lowest BCUT2D eigenvalue weighted by Crippen LogP contribution is -2.10. The summed E-state index contributed by atoms with van der Waals surface area (Å²) in [5, 5.41) is 0. The summed E-state index contributed by atoms with van der Waals surface area (Å²) in [4.78, 5) is 3.02. The van der Waals surface area contributed by atoms with E-state index in [9.17, 15) is 0 Å². The van der Waals surface area contributed by atoms with Crippen molar-refractivity contribution in [2.75, 3.05) is 0 Å².